The first-order valence-corrected chi connectivity index (χ1v) is 12.7. The van der Waals surface area contributed by atoms with Crippen LogP contribution in [0, 0.1) is 0 Å². The molecule has 0 atom stereocenters. The Bertz CT molecular complexity index is 1360. The molecule has 0 radical (unpaired) electrons. The maximum atomic E-state index is 11.1. The predicted molar refractivity (Wildman–Crippen MR) is 129 cm³/mol. The molecule has 3 aromatic heterocycles. The molecule has 0 amide bonds. The SMILES string of the molecule is O=C([O-])COc1cc(-c2ccc(-c3ccc(-c4cccs4)s3)s2)ccc1N(CC(=O)[O-])CC(=O)[O-].[Cs+].[Cs+].[Cs+]. The van der Waals surface area contributed by atoms with Gasteiger partial charge in [0.15, 0.2) is 0 Å². The monoisotopic (exact) mass is 925 g/mol. The second-order valence-corrected chi connectivity index (χ2v) is 10.4. The summed E-state index contributed by atoms with van der Waals surface area (Å²) < 4.78 is 5.32. The number of carbonyl (C=O) groups excluding carboxylic acids is 3. The van der Waals surface area contributed by atoms with Gasteiger partial charge in [0.05, 0.1) is 36.7 Å². The number of nitrogens with zero attached hydrogens (tertiary/aromatic N) is 1. The van der Waals surface area contributed by atoms with Gasteiger partial charge in [-0.2, -0.15) is 0 Å². The fourth-order valence-corrected chi connectivity index (χ4v) is 6.30. The molecule has 0 aliphatic rings. The van der Waals surface area contributed by atoms with Gasteiger partial charge in [-0.3, -0.25) is 0 Å². The molecule has 0 N–H and O–H groups in total. The van der Waals surface area contributed by atoms with Crippen LogP contribution in [0.3, 0.4) is 0 Å². The minimum Gasteiger partial charge on any atom is -0.548 e. The summed E-state index contributed by atoms with van der Waals surface area (Å²) in [4.78, 5) is 39.6. The first-order valence-electron chi connectivity index (χ1n) is 10.2. The van der Waals surface area contributed by atoms with Crippen LogP contribution in [0.5, 0.6) is 5.75 Å². The van der Waals surface area contributed by atoms with Crippen LogP contribution in [-0.2, 0) is 14.4 Å². The minimum atomic E-state index is -1.51. The summed E-state index contributed by atoms with van der Waals surface area (Å²) in [5.74, 6) is -4.51. The molecule has 0 aliphatic carbocycles. The zero-order valence-electron chi connectivity index (χ0n) is 20.9. The third-order valence-corrected chi connectivity index (χ3v) is 8.27. The molecule has 14 heteroatoms. The molecule has 1 aromatic carbocycles. The largest absolute Gasteiger partial charge is 1.00 e. The molecule has 38 heavy (non-hydrogen) atoms. The van der Waals surface area contributed by atoms with E-state index in [1.807, 2.05) is 23.6 Å². The van der Waals surface area contributed by atoms with E-state index in [1.165, 1.54) is 33.2 Å². The Balaban J connectivity index is 0.00000241. The van der Waals surface area contributed by atoms with Crippen molar-refractivity contribution in [3.63, 3.8) is 0 Å². The van der Waals surface area contributed by atoms with Crippen molar-refractivity contribution in [3.8, 4) is 35.7 Å². The number of rotatable bonds is 11. The topological polar surface area (TPSA) is 133 Å². The number of ether oxygens (including phenoxy) is 1. The number of carbonyl (C=O) groups is 3. The molecule has 0 bridgehead atoms. The summed E-state index contributed by atoms with van der Waals surface area (Å²) in [6.07, 6.45) is 0. The number of aliphatic carboxylic acids is 3. The molecule has 0 saturated carbocycles. The van der Waals surface area contributed by atoms with Crippen molar-refractivity contribution in [1.82, 2.24) is 0 Å². The van der Waals surface area contributed by atoms with Gasteiger partial charge in [0, 0.05) is 24.4 Å². The Morgan fingerprint density at radius 3 is 1.79 bits per heavy atom. The quantitative estimate of drug-likeness (QED) is 0.145. The van der Waals surface area contributed by atoms with Gasteiger partial charge in [0.25, 0.3) is 0 Å². The van der Waals surface area contributed by atoms with Crippen molar-refractivity contribution in [1.29, 1.82) is 0 Å². The van der Waals surface area contributed by atoms with Crippen molar-refractivity contribution in [3.05, 3.63) is 60.0 Å². The molecule has 4 aromatic rings. The van der Waals surface area contributed by atoms with E-state index in [0.29, 0.717) is 5.56 Å². The Morgan fingerprint density at radius 1 is 0.711 bits per heavy atom. The summed E-state index contributed by atoms with van der Waals surface area (Å²) in [6.45, 7) is -2.29. The van der Waals surface area contributed by atoms with Crippen LogP contribution in [0.4, 0.5) is 5.69 Å². The number of carboxylic acid groups (broad SMARTS) is 3. The Labute approximate surface area is 407 Å². The van der Waals surface area contributed by atoms with Crippen LogP contribution in [0.25, 0.3) is 29.9 Å². The van der Waals surface area contributed by atoms with Crippen molar-refractivity contribution in [2.75, 3.05) is 24.6 Å². The van der Waals surface area contributed by atoms with Crippen LogP contribution < -0.4 is 232 Å². The molecule has 4 rings (SSSR count). The molecule has 3 heterocycles. The van der Waals surface area contributed by atoms with Gasteiger partial charge in [-0.25, -0.2) is 0 Å². The van der Waals surface area contributed by atoms with E-state index in [2.05, 4.69) is 18.2 Å². The Kier molecular flexibility index (Phi) is 19.3. The maximum absolute atomic E-state index is 11.1. The third kappa shape index (κ3) is 11.2. The van der Waals surface area contributed by atoms with Crippen LogP contribution in [0.1, 0.15) is 0 Å². The van der Waals surface area contributed by atoms with E-state index >= 15 is 0 Å². The fourth-order valence-electron chi connectivity index (χ4n) is 3.37. The average molecular weight is 925 g/mol. The van der Waals surface area contributed by atoms with Gasteiger partial charge in [0.1, 0.15) is 12.4 Å². The molecule has 0 spiro atoms. The van der Waals surface area contributed by atoms with E-state index in [-0.39, 0.29) is 218 Å². The second-order valence-electron chi connectivity index (χ2n) is 7.25. The molecule has 0 fully saturated rings. The number of anilines is 1. The van der Waals surface area contributed by atoms with Crippen molar-refractivity contribution in [2.45, 2.75) is 0 Å². The smallest absolute Gasteiger partial charge is 0.548 e. The van der Waals surface area contributed by atoms with E-state index in [9.17, 15) is 29.7 Å². The van der Waals surface area contributed by atoms with Gasteiger partial charge in [-0.1, -0.05) is 12.1 Å². The molecular formula is C24H16Cs3NO7S3. The van der Waals surface area contributed by atoms with Crippen LogP contribution in [0.2, 0.25) is 0 Å². The van der Waals surface area contributed by atoms with E-state index in [4.69, 9.17) is 4.74 Å². The van der Waals surface area contributed by atoms with Crippen molar-refractivity contribution in [2.24, 2.45) is 0 Å². The first kappa shape index (κ1) is 38.5. The van der Waals surface area contributed by atoms with E-state index in [0.717, 1.165) is 19.5 Å². The van der Waals surface area contributed by atoms with Gasteiger partial charge in [-0.15, -0.1) is 34.0 Å². The van der Waals surface area contributed by atoms with Crippen LogP contribution in [-0.4, -0.2) is 37.6 Å². The van der Waals surface area contributed by atoms with Gasteiger partial charge in [-0.05, 0) is 53.4 Å². The van der Waals surface area contributed by atoms with Gasteiger partial charge in [0.2, 0.25) is 0 Å². The summed E-state index contributed by atoms with van der Waals surface area (Å²) in [5.41, 5.74) is 0.772. The number of hydrogen-bond donors (Lipinski definition) is 0. The zero-order valence-corrected chi connectivity index (χ0v) is 42.2. The van der Waals surface area contributed by atoms with Gasteiger partial charge < -0.3 is 39.3 Å². The molecule has 0 saturated heterocycles. The number of carboxylic acids is 3. The van der Waals surface area contributed by atoms with E-state index in [1.54, 1.807) is 28.7 Å². The van der Waals surface area contributed by atoms with Crippen LogP contribution in [0.15, 0.2) is 60.0 Å². The van der Waals surface area contributed by atoms with Gasteiger partial charge >= 0.3 is 207 Å². The molecular weight excluding hydrogens is 909 g/mol. The second kappa shape index (κ2) is 19.0. The van der Waals surface area contributed by atoms with Crippen LogP contribution >= 0.6 is 34.0 Å². The predicted octanol–water partition coefficient (Wildman–Crippen LogP) is -7.68. The number of hydrogen-bond acceptors (Lipinski definition) is 11. The summed E-state index contributed by atoms with van der Waals surface area (Å²) >= 11 is 4.88. The maximum Gasteiger partial charge on any atom is 1.00 e. The fraction of sp³-hybridized carbons (Fsp3) is 0.125. The van der Waals surface area contributed by atoms with Crippen molar-refractivity contribution < 1.29 is 241 Å². The van der Waals surface area contributed by atoms with E-state index < -0.39 is 37.6 Å². The summed E-state index contributed by atoms with van der Waals surface area (Å²) in [7, 11) is 0. The molecule has 0 unspecified atom stereocenters. The standard InChI is InChI=1S/C24H19NO7S3.3Cs/c26-22(27)11-25(12-23(28)29)15-4-3-14(10-16(15)32-13-24(30)31)17-5-6-20(34-17)21-8-7-19(35-21)18-2-1-9-33-18;;;/h1-10H,11-13H2,(H,26,27)(H,28,29)(H,30,31);;;/q;3*+1/p-3. The summed E-state index contributed by atoms with van der Waals surface area (Å²) in [6, 6.07) is 16.8. The average Bonchev–Trinajstić information content (AvgIpc) is 3.57. The van der Waals surface area contributed by atoms with Crippen molar-refractivity contribution >= 4 is 57.6 Å². The third-order valence-electron chi connectivity index (χ3n) is 4.79. The Hall–Kier alpha value is 2.49. The summed E-state index contributed by atoms with van der Waals surface area (Å²) in [5, 5.41) is 35.3. The minimum absolute atomic E-state index is 0. The first-order chi connectivity index (χ1) is 16.8. The molecule has 180 valence electrons. The zero-order chi connectivity index (χ0) is 24.9. The Morgan fingerprint density at radius 2 is 1.26 bits per heavy atom. The normalized spacial score (nSPS) is 9.89. The molecule has 8 nitrogen and oxygen atoms in total. The molecule has 0 aliphatic heterocycles. The number of benzene rings is 1. The number of thiophene rings is 3.